The van der Waals surface area contributed by atoms with Gasteiger partial charge in [-0.25, -0.2) is 12.8 Å². The van der Waals surface area contributed by atoms with Gasteiger partial charge in [-0.1, -0.05) is 18.2 Å². The number of aromatic nitrogens is 1. The van der Waals surface area contributed by atoms with Gasteiger partial charge in [-0.2, -0.15) is 17.5 Å². The van der Waals surface area contributed by atoms with E-state index in [1.807, 2.05) is 0 Å². The maximum atomic E-state index is 14.1. The zero-order chi connectivity index (χ0) is 30.4. The third-order valence-electron chi connectivity index (χ3n) is 7.20. The van der Waals surface area contributed by atoms with Crippen molar-refractivity contribution < 1.29 is 35.2 Å². The summed E-state index contributed by atoms with van der Waals surface area (Å²) in [7, 11) is -4.26. The Hall–Kier alpha value is -3.97. The summed E-state index contributed by atoms with van der Waals surface area (Å²) in [5, 5.41) is 2.27. The fourth-order valence-electron chi connectivity index (χ4n) is 5.03. The number of carbonyl (C=O) groups excluding carboxylic acids is 1. The summed E-state index contributed by atoms with van der Waals surface area (Å²) in [6.45, 7) is 3.53. The van der Waals surface area contributed by atoms with Crippen LogP contribution in [0.15, 0.2) is 75.1 Å². The van der Waals surface area contributed by atoms with Crippen LogP contribution >= 0.6 is 0 Å². The van der Waals surface area contributed by atoms with Gasteiger partial charge in [0.2, 0.25) is 11.0 Å². The standard InChI is InChI=1S/C29H27F4N3O5S/c1-17(2)35-16-18(13-21(28(35)38)19-8-10-20(11-9-19)29(31,32)33)15-34-27(37)24-6-4-12-36(24)42(39,40)26-14-22-23(30)5-3-7-25(22)41-26/h3,5,7-11,13-14,16-17,24H,4,6,12,15H2,1-2H3,(H,34,37)/t24-/m0/s1. The Labute approximate surface area is 238 Å². The first-order valence-corrected chi connectivity index (χ1v) is 14.6. The topological polar surface area (TPSA) is 102 Å². The highest BCUT2D eigenvalue weighted by Gasteiger charge is 2.41. The van der Waals surface area contributed by atoms with E-state index in [0.29, 0.717) is 12.0 Å². The van der Waals surface area contributed by atoms with Crippen molar-refractivity contribution in [2.45, 2.75) is 56.6 Å². The highest BCUT2D eigenvalue weighted by Crippen LogP contribution is 2.32. The second-order valence-corrected chi connectivity index (χ2v) is 12.2. The molecule has 13 heteroatoms. The monoisotopic (exact) mass is 605 g/mol. The molecule has 1 amide bonds. The van der Waals surface area contributed by atoms with Gasteiger partial charge in [0.1, 0.15) is 17.4 Å². The van der Waals surface area contributed by atoms with Crippen LogP contribution in [0.3, 0.4) is 0 Å². The number of fused-ring (bicyclic) bond motifs is 1. The lowest BCUT2D eigenvalue weighted by molar-refractivity contribution is -0.137. The van der Waals surface area contributed by atoms with Gasteiger partial charge in [0.05, 0.1) is 10.9 Å². The minimum atomic E-state index is -4.52. The second-order valence-electron chi connectivity index (χ2n) is 10.4. The SMILES string of the molecule is CC(C)n1cc(CNC(=O)[C@@H]2CCCN2S(=O)(=O)c2cc3c(F)cccc3o2)cc(-c2ccc(C(F)(F)F)cc2)c1=O. The Kier molecular flexibility index (Phi) is 7.75. The predicted octanol–water partition coefficient (Wildman–Crippen LogP) is 5.47. The molecule has 222 valence electrons. The number of nitrogens with one attached hydrogen (secondary N) is 1. The van der Waals surface area contributed by atoms with Crippen molar-refractivity contribution in [1.29, 1.82) is 0 Å². The van der Waals surface area contributed by atoms with Gasteiger partial charge >= 0.3 is 6.18 Å². The van der Waals surface area contributed by atoms with E-state index >= 15 is 0 Å². The van der Waals surface area contributed by atoms with Crippen molar-refractivity contribution >= 4 is 26.9 Å². The average molecular weight is 606 g/mol. The lowest BCUT2D eigenvalue weighted by Gasteiger charge is -2.22. The summed E-state index contributed by atoms with van der Waals surface area (Å²) in [5.74, 6) is -1.21. The van der Waals surface area contributed by atoms with E-state index in [9.17, 15) is 35.6 Å². The predicted molar refractivity (Wildman–Crippen MR) is 146 cm³/mol. The zero-order valence-corrected chi connectivity index (χ0v) is 23.4. The van der Waals surface area contributed by atoms with Gasteiger partial charge in [-0.3, -0.25) is 9.59 Å². The average Bonchev–Trinajstić information content (AvgIpc) is 3.61. The molecular weight excluding hydrogens is 578 g/mol. The number of pyridine rings is 1. The van der Waals surface area contributed by atoms with Crippen molar-refractivity contribution in [3.05, 3.63) is 88.1 Å². The number of halogens is 4. The Bertz CT molecular complexity index is 1810. The second kappa shape index (κ2) is 11.0. The van der Waals surface area contributed by atoms with E-state index < -0.39 is 50.2 Å². The summed E-state index contributed by atoms with van der Waals surface area (Å²) >= 11 is 0. The molecule has 1 atom stereocenters. The van der Waals surface area contributed by atoms with Crippen LogP contribution in [-0.2, 0) is 27.5 Å². The molecule has 1 saturated heterocycles. The number of nitrogens with zero attached hydrogens (tertiary/aromatic N) is 2. The molecule has 8 nitrogen and oxygen atoms in total. The molecule has 2 aromatic heterocycles. The third kappa shape index (κ3) is 5.58. The van der Waals surface area contributed by atoms with Crippen LogP contribution in [0, 0.1) is 5.82 Å². The molecule has 0 bridgehead atoms. The van der Waals surface area contributed by atoms with Crippen LogP contribution in [0.4, 0.5) is 17.6 Å². The van der Waals surface area contributed by atoms with E-state index in [1.54, 1.807) is 20.0 Å². The van der Waals surface area contributed by atoms with Crippen molar-refractivity contribution in [1.82, 2.24) is 14.2 Å². The number of carbonyl (C=O) groups is 1. The maximum absolute atomic E-state index is 14.1. The van der Waals surface area contributed by atoms with E-state index in [1.165, 1.54) is 41.0 Å². The third-order valence-corrected chi connectivity index (χ3v) is 8.97. The maximum Gasteiger partial charge on any atom is 0.416 e. The quantitative estimate of drug-likeness (QED) is 0.282. The summed E-state index contributed by atoms with van der Waals surface area (Å²) < 4.78 is 87.8. The fourth-order valence-corrected chi connectivity index (χ4v) is 6.63. The number of amides is 1. The molecule has 1 aliphatic heterocycles. The fraction of sp³-hybridized carbons (Fsp3) is 0.310. The van der Waals surface area contributed by atoms with Gasteiger partial charge in [-0.05, 0) is 68.1 Å². The molecule has 2 aromatic carbocycles. The first-order chi connectivity index (χ1) is 19.8. The van der Waals surface area contributed by atoms with Gasteiger partial charge in [0, 0.05) is 37.0 Å². The van der Waals surface area contributed by atoms with E-state index in [2.05, 4.69) is 5.32 Å². The molecule has 4 aromatic rings. The number of alkyl halides is 3. The summed E-state index contributed by atoms with van der Waals surface area (Å²) in [4.78, 5) is 26.3. The van der Waals surface area contributed by atoms with Gasteiger partial charge < -0.3 is 14.3 Å². The molecule has 1 aliphatic rings. The van der Waals surface area contributed by atoms with Crippen molar-refractivity contribution in [2.24, 2.45) is 0 Å². The first kappa shape index (κ1) is 29.5. The molecule has 0 spiro atoms. The van der Waals surface area contributed by atoms with Crippen LogP contribution in [0.5, 0.6) is 0 Å². The number of sulfonamides is 1. The van der Waals surface area contributed by atoms with E-state index in [4.69, 9.17) is 4.42 Å². The molecule has 0 radical (unpaired) electrons. The molecule has 42 heavy (non-hydrogen) atoms. The normalized spacial score (nSPS) is 16.4. The summed E-state index contributed by atoms with van der Waals surface area (Å²) in [6, 6.07) is 9.53. The molecule has 0 saturated carbocycles. The Morgan fingerprint density at radius 1 is 1.12 bits per heavy atom. The first-order valence-electron chi connectivity index (χ1n) is 13.2. The van der Waals surface area contributed by atoms with Crippen LogP contribution in [0.25, 0.3) is 22.1 Å². The lowest BCUT2D eigenvalue weighted by Crippen LogP contribution is -2.45. The summed E-state index contributed by atoms with van der Waals surface area (Å²) in [5.41, 5.74) is -0.250. The van der Waals surface area contributed by atoms with Gasteiger partial charge in [-0.15, -0.1) is 0 Å². The number of benzene rings is 2. The smallest absolute Gasteiger partial charge is 0.416 e. The van der Waals surface area contributed by atoms with E-state index in [0.717, 1.165) is 22.5 Å². The van der Waals surface area contributed by atoms with Crippen molar-refractivity contribution in [3.8, 4) is 11.1 Å². The number of rotatable bonds is 7. The minimum absolute atomic E-state index is 0.0143. The highest BCUT2D eigenvalue weighted by molar-refractivity contribution is 7.89. The van der Waals surface area contributed by atoms with Crippen LogP contribution < -0.4 is 10.9 Å². The molecule has 1 fully saturated rings. The number of hydrogen-bond donors (Lipinski definition) is 1. The molecule has 1 N–H and O–H groups in total. The number of furan rings is 1. The molecular formula is C29H27F4N3O5S. The zero-order valence-electron chi connectivity index (χ0n) is 22.6. The van der Waals surface area contributed by atoms with Gasteiger partial charge in [0.15, 0.2) is 0 Å². The number of hydrogen-bond acceptors (Lipinski definition) is 5. The minimum Gasteiger partial charge on any atom is -0.443 e. The Morgan fingerprint density at radius 2 is 1.83 bits per heavy atom. The molecule has 0 unspecified atom stereocenters. The van der Waals surface area contributed by atoms with Crippen LogP contribution in [0.1, 0.15) is 43.9 Å². The molecule has 0 aliphatic carbocycles. The van der Waals surface area contributed by atoms with Crippen LogP contribution in [-0.4, -0.2) is 35.8 Å². The van der Waals surface area contributed by atoms with E-state index in [-0.39, 0.29) is 47.6 Å². The summed E-state index contributed by atoms with van der Waals surface area (Å²) in [6.07, 6.45) is -2.30. The van der Waals surface area contributed by atoms with Crippen LogP contribution in [0.2, 0.25) is 0 Å². The largest absolute Gasteiger partial charge is 0.443 e. The van der Waals surface area contributed by atoms with Gasteiger partial charge in [0.25, 0.3) is 15.6 Å². The van der Waals surface area contributed by atoms with Crippen molar-refractivity contribution in [3.63, 3.8) is 0 Å². The molecule has 5 rings (SSSR count). The Morgan fingerprint density at radius 3 is 2.48 bits per heavy atom. The van der Waals surface area contributed by atoms with Crippen molar-refractivity contribution in [2.75, 3.05) is 6.54 Å². The molecule has 3 heterocycles. The Balaban J connectivity index is 1.38. The highest BCUT2D eigenvalue weighted by atomic mass is 32.2. The lowest BCUT2D eigenvalue weighted by atomic mass is 10.0.